The topological polar surface area (TPSA) is 87.2 Å². The Bertz CT molecular complexity index is 1130. The largest absolute Gasteiger partial charge is 0.465 e. The minimum Gasteiger partial charge on any atom is -0.465 e. The zero-order valence-corrected chi connectivity index (χ0v) is 22.0. The minimum atomic E-state index is -0.964. The summed E-state index contributed by atoms with van der Waals surface area (Å²) in [4.78, 5) is 45.1. The number of thioether (sulfide) groups is 1. The van der Waals surface area contributed by atoms with Gasteiger partial charge < -0.3 is 19.6 Å². The van der Waals surface area contributed by atoms with Crippen molar-refractivity contribution in [2.24, 2.45) is 17.8 Å². The summed E-state index contributed by atoms with van der Waals surface area (Å²) in [6.45, 7) is 4.26. The number of esters is 1. The molecule has 0 aromatic heterocycles. The summed E-state index contributed by atoms with van der Waals surface area (Å²) in [7, 11) is 0. The Balaban J connectivity index is 1.68. The Morgan fingerprint density at radius 3 is 2.72 bits per heavy atom. The Labute approximate surface area is 220 Å². The fraction of sp³-hybridized carbons (Fsp3) is 0.519. The monoisotopic (exact) mass is 530 g/mol. The molecule has 4 aliphatic heterocycles. The number of hydrogen-bond donors (Lipinski definition) is 1. The number of aliphatic hydroxyl groups is 1. The van der Waals surface area contributed by atoms with E-state index in [4.69, 9.17) is 16.3 Å². The van der Waals surface area contributed by atoms with E-state index in [9.17, 15) is 19.5 Å². The van der Waals surface area contributed by atoms with Gasteiger partial charge in [0.25, 0.3) is 5.91 Å². The number of aliphatic hydroxyl groups excluding tert-OH is 1. The van der Waals surface area contributed by atoms with Gasteiger partial charge in [0.2, 0.25) is 5.91 Å². The fourth-order valence-corrected chi connectivity index (χ4v) is 8.33. The van der Waals surface area contributed by atoms with E-state index in [2.05, 4.69) is 0 Å². The van der Waals surface area contributed by atoms with Crippen molar-refractivity contribution in [2.45, 2.75) is 48.8 Å². The quantitative estimate of drug-likeness (QED) is 0.463. The van der Waals surface area contributed by atoms with Crippen LogP contribution < -0.4 is 4.90 Å². The summed E-state index contributed by atoms with van der Waals surface area (Å²) >= 11 is 7.99. The van der Waals surface area contributed by atoms with Crippen LogP contribution in [0.1, 0.15) is 26.7 Å². The number of anilines is 1. The van der Waals surface area contributed by atoms with Crippen molar-refractivity contribution in [1.29, 1.82) is 0 Å². The van der Waals surface area contributed by atoms with Gasteiger partial charge in [-0.3, -0.25) is 14.4 Å². The number of benzene rings is 1. The van der Waals surface area contributed by atoms with Gasteiger partial charge in [-0.05, 0) is 24.5 Å². The SMILES string of the molecule is CC[C@H](C)[C@H](CO)N1C(=O)[C@@H]2[C@H]3C(=O)OCCC=C[C@H]3S[C@@]23C=CCN(c2ccccc2Cl)C(=O)C13. The van der Waals surface area contributed by atoms with E-state index in [1.807, 2.05) is 44.2 Å². The molecule has 0 aliphatic carbocycles. The number of rotatable bonds is 5. The summed E-state index contributed by atoms with van der Waals surface area (Å²) in [6.07, 6.45) is 9.18. The van der Waals surface area contributed by atoms with E-state index in [1.54, 1.807) is 28.0 Å². The van der Waals surface area contributed by atoms with Crippen molar-refractivity contribution in [2.75, 3.05) is 24.7 Å². The van der Waals surface area contributed by atoms with E-state index in [0.717, 1.165) is 6.42 Å². The van der Waals surface area contributed by atoms with Crippen LogP contribution in [-0.2, 0) is 19.1 Å². The van der Waals surface area contributed by atoms with Gasteiger partial charge in [-0.1, -0.05) is 68.3 Å². The lowest BCUT2D eigenvalue weighted by Crippen LogP contribution is -2.58. The van der Waals surface area contributed by atoms with Gasteiger partial charge in [-0.25, -0.2) is 0 Å². The minimum absolute atomic E-state index is 0.0476. The summed E-state index contributed by atoms with van der Waals surface area (Å²) in [6, 6.07) is 5.70. The zero-order valence-electron chi connectivity index (χ0n) is 20.4. The fourth-order valence-electron chi connectivity index (χ4n) is 6.11. The van der Waals surface area contributed by atoms with Crippen LogP contribution in [0.25, 0.3) is 0 Å². The predicted molar refractivity (Wildman–Crippen MR) is 140 cm³/mol. The maximum Gasteiger partial charge on any atom is 0.311 e. The highest BCUT2D eigenvalue weighted by molar-refractivity contribution is 8.02. The molecule has 5 rings (SSSR count). The van der Waals surface area contributed by atoms with Crippen LogP contribution in [0.4, 0.5) is 5.69 Å². The number of carbonyl (C=O) groups is 3. The van der Waals surface area contributed by atoms with E-state index in [1.165, 1.54) is 11.8 Å². The molecule has 1 spiro atoms. The molecule has 36 heavy (non-hydrogen) atoms. The Morgan fingerprint density at radius 2 is 2.00 bits per heavy atom. The molecule has 192 valence electrons. The van der Waals surface area contributed by atoms with E-state index >= 15 is 0 Å². The average Bonchev–Trinajstić information content (AvgIpc) is 3.24. The molecule has 0 radical (unpaired) electrons. The number of para-hydroxylation sites is 1. The van der Waals surface area contributed by atoms with Gasteiger partial charge in [0, 0.05) is 11.8 Å². The van der Waals surface area contributed by atoms with Crippen LogP contribution >= 0.6 is 23.4 Å². The van der Waals surface area contributed by atoms with Crippen LogP contribution in [0.2, 0.25) is 5.02 Å². The van der Waals surface area contributed by atoms with Crippen molar-refractivity contribution in [1.82, 2.24) is 4.90 Å². The normalized spacial score (nSPS) is 33.3. The van der Waals surface area contributed by atoms with Crippen LogP contribution in [0.15, 0.2) is 48.6 Å². The third kappa shape index (κ3) is 3.80. The maximum absolute atomic E-state index is 14.4. The third-order valence-corrected chi connectivity index (χ3v) is 10.1. The molecule has 1 aromatic rings. The summed E-state index contributed by atoms with van der Waals surface area (Å²) in [5, 5.41) is 10.6. The molecule has 4 heterocycles. The first-order valence-electron chi connectivity index (χ1n) is 12.5. The molecule has 0 bridgehead atoms. The van der Waals surface area contributed by atoms with Crippen molar-refractivity contribution in [3.8, 4) is 0 Å². The molecular weight excluding hydrogens is 500 g/mol. The van der Waals surface area contributed by atoms with E-state index in [0.29, 0.717) is 23.7 Å². The number of ether oxygens (including phenoxy) is 1. The average molecular weight is 531 g/mol. The highest BCUT2D eigenvalue weighted by Gasteiger charge is 2.72. The van der Waals surface area contributed by atoms with Gasteiger partial charge in [0.05, 0.1) is 46.5 Å². The lowest BCUT2D eigenvalue weighted by molar-refractivity contribution is -0.153. The van der Waals surface area contributed by atoms with Gasteiger partial charge in [-0.15, -0.1) is 11.8 Å². The highest BCUT2D eigenvalue weighted by Crippen LogP contribution is 2.61. The van der Waals surface area contributed by atoms with Gasteiger partial charge in [-0.2, -0.15) is 0 Å². The molecule has 2 saturated heterocycles. The number of hydrogen-bond acceptors (Lipinski definition) is 6. The van der Waals surface area contributed by atoms with Crippen LogP contribution in [0.3, 0.4) is 0 Å². The summed E-state index contributed by atoms with van der Waals surface area (Å²) in [5.41, 5.74) is 0.569. The van der Waals surface area contributed by atoms with Crippen LogP contribution in [0, 0.1) is 17.8 Å². The van der Waals surface area contributed by atoms with Crippen LogP contribution in [-0.4, -0.2) is 69.6 Å². The molecule has 9 heteroatoms. The van der Waals surface area contributed by atoms with Gasteiger partial charge in [0.15, 0.2) is 0 Å². The lowest BCUT2D eigenvalue weighted by atomic mass is 9.78. The van der Waals surface area contributed by atoms with Crippen molar-refractivity contribution < 1.29 is 24.2 Å². The first-order chi connectivity index (χ1) is 17.4. The number of carbonyl (C=O) groups excluding carboxylic acids is 3. The number of halogens is 1. The highest BCUT2D eigenvalue weighted by atomic mass is 35.5. The smallest absolute Gasteiger partial charge is 0.311 e. The third-order valence-electron chi connectivity index (χ3n) is 8.05. The molecule has 7 nitrogen and oxygen atoms in total. The number of nitrogens with zero attached hydrogens (tertiary/aromatic N) is 2. The molecule has 7 atom stereocenters. The van der Waals surface area contributed by atoms with Crippen molar-refractivity contribution in [3.05, 3.63) is 53.6 Å². The predicted octanol–water partition coefficient (Wildman–Crippen LogP) is 3.45. The second kappa shape index (κ2) is 9.88. The standard InChI is InChI=1S/C27H31ClN2O5S/c1-3-16(2)19(15-31)30-23-25(33)29(18-10-5-4-9-17(18)28)13-8-12-27(23)22(24(30)32)21-20(36-27)11-6-7-14-35-26(21)34/h4-6,8-12,16,19-23,31H,3,7,13-15H2,1-2H3/t16-,19-,20+,21-,22-,23?,27-/m0/s1. The van der Waals surface area contributed by atoms with Gasteiger partial charge in [0.1, 0.15) is 6.04 Å². The van der Waals surface area contributed by atoms with Crippen molar-refractivity contribution in [3.63, 3.8) is 0 Å². The van der Waals surface area contributed by atoms with Gasteiger partial charge >= 0.3 is 5.97 Å². The molecule has 1 aromatic carbocycles. The molecular formula is C27H31ClN2O5S. The van der Waals surface area contributed by atoms with Crippen molar-refractivity contribution >= 4 is 46.8 Å². The molecule has 4 aliphatic rings. The summed E-state index contributed by atoms with van der Waals surface area (Å²) in [5.74, 6) is -2.45. The number of fused-ring (bicyclic) bond motifs is 2. The maximum atomic E-state index is 14.4. The number of amides is 2. The Kier molecular flexibility index (Phi) is 6.96. The lowest BCUT2D eigenvalue weighted by Gasteiger charge is -2.40. The second-order valence-corrected chi connectivity index (χ2v) is 11.8. The first-order valence-corrected chi connectivity index (χ1v) is 13.8. The number of likely N-dealkylation sites (tertiary alicyclic amines) is 1. The molecule has 1 N–H and O–H groups in total. The zero-order chi connectivity index (χ0) is 25.6. The molecule has 2 fully saturated rings. The molecule has 1 unspecified atom stereocenters. The van der Waals surface area contributed by atoms with E-state index in [-0.39, 0.29) is 36.2 Å². The second-order valence-electron chi connectivity index (χ2n) is 9.91. The Morgan fingerprint density at radius 1 is 1.22 bits per heavy atom. The molecule has 2 amide bonds. The van der Waals surface area contributed by atoms with Crippen LogP contribution in [0.5, 0.6) is 0 Å². The first kappa shape index (κ1) is 25.4. The molecule has 0 saturated carbocycles. The Hall–Kier alpha value is -2.29. The number of cyclic esters (lactones) is 1. The summed E-state index contributed by atoms with van der Waals surface area (Å²) < 4.78 is 4.56. The van der Waals surface area contributed by atoms with E-state index < -0.39 is 34.6 Å².